The van der Waals surface area contributed by atoms with Crippen molar-refractivity contribution < 1.29 is 14.4 Å². The van der Waals surface area contributed by atoms with Crippen molar-refractivity contribution in [3.05, 3.63) is 36.0 Å². The fourth-order valence-corrected chi connectivity index (χ4v) is 3.40. The third kappa shape index (κ3) is 5.32. The van der Waals surface area contributed by atoms with Crippen LogP contribution in [0.15, 0.2) is 30.3 Å². The Morgan fingerprint density at radius 3 is 2.37 bits per heavy atom. The maximum atomic E-state index is 12.2. The van der Waals surface area contributed by atoms with Gasteiger partial charge in [0.25, 0.3) is 5.91 Å². The van der Waals surface area contributed by atoms with Crippen molar-refractivity contribution in [1.82, 2.24) is 20.9 Å². The first kappa shape index (κ1) is 18.9. The Hall–Kier alpha value is -2.83. The van der Waals surface area contributed by atoms with Crippen LogP contribution in [-0.4, -0.2) is 41.8 Å². The second-order valence-electron chi connectivity index (χ2n) is 6.94. The van der Waals surface area contributed by atoms with E-state index >= 15 is 0 Å². The zero-order valence-corrected chi connectivity index (χ0v) is 15.3. The third-order valence-electron chi connectivity index (χ3n) is 4.87. The standard InChI is InChI=1S/C20H26N4O3/c25-18(17-13-14-7-5-6-10-16(14)24-17)21-11-12-22-19(26)20(27)23-15-8-3-1-2-4-9-15/h5-7,10,13,15,24H,1-4,8-9,11-12H2,(H,21,25)(H,22,26)(H,23,27). The number of amides is 3. The molecule has 1 fully saturated rings. The fraction of sp³-hybridized carbons (Fsp3) is 0.450. The lowest BCUT2D eigenvalue weighted by molar-refractivity contribution is -0.139. The molecule has 1 aliphatic rings. The Balaban J connectivity index is 1.38. The van der Waals surface area contributed by atoms with Gasteiger partial charge < -0.3 is 20.9 Å². The number of para-hydroxylation sites is 1. The zero-order valence-electron chi connectivity index (χ0n) is 15.3. The molecule has 1 heterocycles. The van der Waals surface area contributed by atoms with Crippen molar-refractivity contribution in [2.24, 2.45) is 0 Å². The number of aromatic nitrogens is 1. The summed E-state index contributed by atoms with van der Waals surface area (Å²) < 4.78 is 0. The van der Waals surface area contributed by atoms with Gasteiger partial charge in [-0.25, -0.2) is 0 Å². The average molecular weight is 370 g/mol. The number of benzene rings is 1. The number of nitrogens with one attached hydrogen (secondary N) is 4. The van der Waals surface area contributed by atoms with Crippen molar-refractivity contribution in [3.8, 4) is 0 Å². The van der Waals surface area contributed by atoms with E-state index in [1.165, 1.54) is 12.8 Å². The van der Waals surface area contributed by atoms with E-state index in [-0.39, 0.29) is 25.0 Å². The van der Waals surface area contributed by atoms with Crippen LogP contribution >= 0.6 is 0 Å². The Morgan fingerprint density at radius 2 is 1.63 bits per heavy atom. The molecule has 0 atom stereocenters. The largest absolute Gasteiger partial charge is 0.351 e. The molecule has 1 aliphatic carbocycles. The summed E-state index contributed by atoms with van der Waals surface area (Å²) in [5, 5.41) is 9.04. The van der Waals surface area contributed by atoms with Crippen LogP contribution in [0, 0.1) is 0 Å². The number of H-pyrrole nitrogens is 1. The van der Waals surface area contributed by atoms with E-state index < -0.39 is 11.8 Å². The molecular weight excluding hydrogens is 344 g/mol. The Kier molecular flexibility index (Phi) is 6.46. The highest BCUT2D eigenvalue weighted by molar-refractivity contribution is 6.35. The number of carbonyl (C=O) groups is 3. The molecule has 7 heteroatoms. The molecule has 2 aromatic rings. The normalized spacial score (nSPS) is 15.1. The van der Waals surface area contributed by atoms with Gasteiger partial charge in [-0.15, -0.1) is 0 Å². The van der Waals surface area contributed by atoms with E-state index in [0.29, 0.717) is 5.69 Å². The molecule has 7 nitrogen and oxygen atoms in total. The molecule has 4 N–H and O–H groups in total. The van der Waals surface area contributed by atoms with E-state index in [4.69, 9.17) is 0 Å². The smallest absolute Gasteiger partial charge is 0.309 e. The van der Waals surface area contributed by atoms with Crippen LogP contribution in [0.4, 0.5) is 0 Å². The van der Waals surface area contributed by atoms with Gasteiger partial charge in [0.15, 0.2) is 0 Å². The van der Waals surface area contributed by atoms with E-state index in [0.717, 1.165) is 36.6 Å². The highest BCUT2D eigenvalue weighted by atomic mass is 16.2. The first-order chi connectivity index (χ1) is 13.1. The molecule has 1 aromatic carbocycles. The maximum Gasteiger partial charge on any atom is 0.309 e. The first-order valence-corrected chi connectivity index (χ1v) is 9.58. The summed E-state index contributed by atoms with van der Waals surface area (Å²) in [4.78, 5) is 39.1. The van der Waals surface area contributed by atoms with Crippen LogP contribution in [-0.2, 0) is 9.59 Å². The molecule has 3 rings (SSSR count). The highest BCUT2D eigenvalue weighted by Gasteiger charge is 2.19. The Labute approximate surface area is 158 Å². The van der Waals surface area contributed by atoms with Crippen molar-refractivity contribution in [2.75, 3.05) is 13.1 Å². The van der Waals surface area contributed by atoms with E-state index in [2.05, 4.69) is 20.9 Å². The fourth-order valence-electron chi connectivity index (χ4n) is 3.40. The van der Waals surface area contributed by atoms with Crippen LogP contribution in [0.2, 0.25) is 0 Å². The minimum absolute atomic E-state index is 0.0902. The van der Waals surface area contributed by atoms with Gasteiger partial charge in [-0.05, 0) is 25.0 Å². The van der Waals surface area contributed by atoms with E-state index in [1.54, 1.807) is 6.07 Å². The number of aromatic amines is 1. The van der Waals surface area contributed by atoms with E-state index in [1.807, 2.05) is 24.3 Å². The third-order valence-corrected chi connectivity index (χ3v) is 4.87. The molecule has 0 unspecified atom stereocenters. The average Bonchev–Trinajstić information content (AvgIpc) is 2.95. The molecule has 0 saturated heterocycles. The van der Waals surface area contributed by atoms with Crippen LogP contribution < -0.4 is 16.0 Å². The Morgan fingerprint density at radius 1 is 0.926 bits per heavy atom. The summed E-state index contributed by atoms with van der Waals surface area (Å²) in [6.07, 6.45) is 6.42. The maximum absolute atomic E-state index is 12.2. The second kappa shape index (κ2) is 9.21. The molecule has 0 spiro atoms. The van der Waals surface area contributed by atoms with Gasteiger partial charge >= 0.3 is 11.8 Å². The summed E-state index contributed by atoms with van der Waals surface area (Å²) in [5.41, 5.74) is 1.36. The summed E-state index contributed by atoms with van der Waals surface area (Å²) >= 11 is 0. The highest BCUT2D eigenvalue weighted by Crippen LogP contribution is 2.17. The van der Waals surface area contributed by atoms with Gasteiger partial charge in [-0.1, -0.05) is 43.9 Å². The van der Waals surface area contributed by atoms with Crippen LogP contribution in [0.25, 0.3) is 10.9 Å². The SMILES string of the molecule is O=C(NCCNC(=O)c1cc2ccccc2[nH]1)C(=O)NC1CCCCCC1. The van der Waals surface area contributed by atoms with Crippen molar-refractivity contribution >= 4 is 28.6 Å². The summed E-state index contributed by atoms with van der Waals surface area (Å²) in [5.74, 6) is -1.49. The zero-order chi connectivity index (χ0) is 19.1. The molecule has 1 aromatic heterocycles. The molecule has 3 amide bonds. The van der Waals surface area contributed by atoms with Crippen LogP contribution in [0.3, 0.4) is 0 Å². The van der Waals surface area contributed by atoms with Gasteiger partial charge in [0.1, 0.15) is 5.69 Å². The number of fused-ring (bicyclic) bond motifs is 1. The Bertz CT molecular complexity index is 773. The predicted octanol–water partition coefficient (Wildman–Crippen LogP) is 1.85. The predicted molar refractivity (Wildman–Crippen MR) is 103 cm³/mol. The first-order valence-electron chi connectivity index (χ1n) is 9.58. The summed E-state index contributed by atoms with van der Waals surface area (Å²) in [7, 11) is 0. The van der Waals surface area contributed by atoms with Crippen LogP contribution in [0.5, 0.6) is 0 Å². The molecule has 0 bridgehead atoms. The van der Waals surface area contributed by atoms with Gasteiger partial charge in [0, 0.05) is 30.0 Å². The second-order valence-corrected chi connectivity index (χ2v) is 6.94. The lowest BCUT2D eigenvalue weighted by Gasteiger charge is -2.15. The minimum atomic E-state index is -0.654. The number of hydrogen-bond acceptors (Lipinski definition) is 3. The monoisotopic (exact) mass is 370 g/mol. The van der Waals surface area contributed by atoms with Gasteiger partial charge in [-0.2, -0.15) is 0 Å². The van der Waals surface area contributed by atoms with Crippen molar-refractivity contribution in [3.63, 3.8) is 0 Å². The number of rotatable bonds is 5. The molecule has 0 aliphatic heterocycles. The molecule has 144 valence electrons. The minimum Gasteiger partial charge on any atom is -0.351 e. The molecule has 0 radical (unpaired) electrons. The quantitative estimate of drug-likeness (QED) is 0.367. The topological polar surface area (TPSA) is 103 Å². The van der Waals surface area contributed by atoms with Crippen molar-refractivity contribution in [1.29, 1.82) is 0 Å². The summed E-state index contributed by atoms with van der Waals surface area (Å²) in [6.45, 7) is 0.444. The molecule has 27 heavy (non-hydrogen) atoms. The van der Waals surface area contributed by atoms with E-state index in [9.17, 15) is 14.4 Å². The molecular formula is C20H26N4O3. The van der Waals surface area contributed by atoms with Gasteiger partial charge in [-0.3, -0.25) is 14.4 Å². The number of hydrogen-bond donors (Lipinski definition) is 4. The lowest BCUT2D eigenvalue weighted by Crippen LogP contribution is -2.46. The lowest BCUT2D eigenvalue weighted by atomic mass is 10.1. The number of carbonyl (C=O) groups excluding carboxylic acids is 3. The van der Waals surface area contributed by atoms with Crippen molar-refractivity contribution in [2.45, 2.75) is 44.6 Å². The molecule has 1 saturated carbocycles. The van der Waals surface area contributed by atoms with Gasteiger partial charge in [0.05, 0.1) is 0 Å². The van der Waals surface area contributed by atoms with Crippen LogP contribution in [0.1, 0.15) is 49.0 Å². The summed E-state index contributed by atoms with van der Waals surface area (Å²) in [6, 6.07) is 9.51. The van der Waals surface area contributed by atoms with Gasteiger partial charge in [0.2, 0.25) is 0 Å².